The first-order valence-corrected chi connectivity index (χ1v) is 12.2. The fourth-order valence-electron chi connectivity index (χ4n) is 3.55. The van der Waals surface area contributed by atoms with E-state index in [4.69, 9.17) is 0 Å². The first-order chi connectivity index (χ1) is 15.0. The summed E-state index contributed by atoms with van der Waals surface area (Å²) in [6.07, 6.45) is 0. The summed E-state index contributed by atoms with van der Waals surface area (Å²) in [6.45, 7) is 1.78. The molecule has 0 atom stereocenters. The Morgan fingerprint density at radius 1 is 0.935 bits per heavy atom. The van der Waals surface area contributed by atoms with Crippen LogP contribution in [0.25, 0.3) is 0 Å². The van der Waals surface area contributed by atoms with Crippen LogP contribution in [0.1, 0.15) is 0 Å². The van der Waals surface area contributed by atoms with E-state index in [0.717, 1.165) is 21.3 Å². The molecular formula is C22H22FN3O3S2. The highest BCUT2D eigenvalue weighted by Crippen LogP contribution is 2.28. The second-order valence-corrected chi connectivity index (χ2v) is 10.1. The first-order valence-electron chi connectivity index (χ1n) is 9.85. The maximum Gasteiger partial charge on any atom is 0.274 e. The number of rotatable bonds is 6. The first kappa shape index (κ1) is 21.3. The second-order valence-electron chi connectivity index (χ2n) is 7.10. The summed E-state index contributed by atoms with van der Waals surface area (Å²) in [5.74, 6) is -1.04. The van der Waals surface area contributed by atoms with Gasteiger partial charge in [-0.05, 0) is 35.7 Å². The van der Waals surface area contributed by atoms with Crippen LogP contribution in [0, 0.1) is 5.82 Å². The van der Waals surface area contributed by atoms with Crippen molar-refractivity contribution in [1.29, 1.82) is 0 Å². The van der Waals surface area contributed by atoms with E-state index in [1.165, 1.54) is 24.3 Å². The highest BCUT2D eigenvalue weighted by Gasteiger charge is 2.32. The van der Waals surface area contributed by atoms with Gasteiger partial charge in [-0.3, -0.25) is 9.10 Å². The van der Waals surface area contributed by atoms with E-state index in [1.807, 2.05) is 30.3 Å². The number of anilines is 2. The number of amides is 1. The van der Waals surface area contributed by atoms with Gasteiger partial charge in [0.1, 0.15) is 16.6 Å². The molecule has 0 radical (unpaired) electrons. The summed E-state index contributed by atoms with van der Waals surface area (Å²) >= 11 is 1.04. The van der Waals surface area contributed by atoms with E-state index in [-0.39, 0.29) is 15.8 Å². The van der Waals surface area contributed by atoms with Gasteiger partial charge in [0.15, 0.2) is 0 Å². The Bertz CT molecular complexity index is 1130. The van der Waals surface area contributed by atoms with Gasteiger partial charge in [0.05, 0.1) is 5.69 Å². The van der Waals surface area contributed by atoms with Gasteiger partial charge >= 0.3 is 0 Å². The topological polar surface area (TPSA) is 60.9 Å². The van der Waals surface area contributed by atoms with Crippen molar-refractivity contribution in [3.63, 3.8) is 0 Å². The molecule has 31 heavy (non-hydrogen) atoms. The summed E-state index contributed by atoms with van der Waals surface area (Å²) in [5, 5.41) is 1.64. The van der Waals surface area contributed by atoms with E-state index in [0.29, 0.717) is 26.2 Å². The number of thiophene rings is 1. The molecule has 0 saturated carbocycles. The third kappa shape index (κ3) is 4.57. The van der Waals surface area contributed by atoms with Gasteiger partial charge in [-0.25, -0.2) is 12.8 Å². The zero-order chi connectivity index (χ0) is 21.8. The van der Waals surface area contributed by atoms with Gasteiger partial charge < -0.3 is 9.80 Å². The number of nitrogens with zero attached hydrogens (tertiary/aromatic N) is 3. The Labute approximate surface area is 185 Å². The molecule has 1 aromatic heterocycles. The van der Waals surface area contributed by atoms with E-state index in [9.17, 15) is 17.6 Å². The lowest BCUT2D eigenvalue weighted by Gasteiger charge is -2.37. The molecule has 2 heterocycles. The Morgan fingerprint density at radius 3 is 2.26 bits per heavy atom. The molecule has 1 amide bonds. The Morgan fingerprint density at radius 2 is 1.61 bits per heavy atom. The van der Waals surface area contributed by atoms with Crippen LogP contribution in [0.4, 0.5) is 15.8 Å². The molecule has 3 aromatic rings. The maximum absolute atomic E-state index is 14.5. The molecule has 0 spiro atoms. The van der Waals surface area contributed by atoms with Crippen molar-refractivity contribution < 1.29 is 17.6 Å². The summed E-state index contributed by atoms with van der Waals surface area (Å²) in [7, 11) is -4.07. The molecule has 1 saturated heterocycles. The van der Waals surface area contributed by atoms with Crippen LogP contribution in [-0.4, -0.2) is 51.9 Å². The molecule has 0 aliphatic carbocycles. The predicted molar refractivity (Wildman–Crippen MR) is 120 cm³/mol. The van der Waals surface area contributed by atoms with Crippen molar-refractivity contribution >= 4 is 38.6 Å². The van der Waals surface area contributed by atoms with Gasteiger partial charge in [-0.15, -0.1) is 11.3 Å². The number of benzene rings is 2. The zero-order valence-corrected chi connectivity index (χ0v) is 18.4. The molecule has 9 heteroatoms. The Kier molecular flexibility index (Phi) is 6.24. The number of halogens is 1. The lowest BCUT2D eigenvalue weighted by molar-refractivity contribution is -0.129. The third-order valence-electron chi connectivity index (χ3n) is 5.19. The van der Waals surface area contributed by atoms with E-state index >= 15 is 0 Å². The number of piperazine rings is 1. The number of hydrogen-bond acceptors (Lipinski definition) is 5. The smallest absolute Gasteiger partial charge is 0.274 e. The number of para-hydroxylation sites is 2. The number of carbonyl (C=O) groups excluding carboxylic acids is 1. The highest BCUT2D eigenvalue weighted by atomic mass is 32.2. The quantitative estimate of drug-likeness (QED) is 0.567. The van der Waals surface area contributed by atoms with Crippen molar-refractivity contribution in [2.75, 3.05) is 41.9 Å². The van der Waals surface area contributed by atoms with Crippen molar-refractivity contribution in [3.8, 4) is 0 Å². The molecule has 2 aromatic carbocycles. The third-order valence-corrected chi connectivity index (χ3v) is 8.33. The SMILES string of the molecule is O=C(CN(c1ccccc1F)S(=O)(=O)c1cccs1)N1CCN(c2ccccc2)CC1. The zero-order valence-electron chi connectivity index (χ0n) is 16.7. The number of sulfonamides is 1. The lowest BCUT2D eigenvalue weighted by atomic mass is 10.2. The minimum Gasteiger partial charge on any atom is -0.368 e. The average molecular weight is 460 g/mol. The van der Waals surface area contributed by atoms with Gasteiger partial charge in [0, 0.05) is 31.9 Å². The molecule has 0 N–H and O–H groups in total. The van der Waals surface area contributed by atoms with Gasteiger partial charge in [-0.2, -0.15) is 0 Å². The number of hydrogen-bond donors (Lipinski definition) is 0. The molecule has 1 fully saturated rings. The van der Waals surface area contributed by atoms with E-state index < -0.39 is 22.4 Å². The van der Waals surface area contributed by atoms with Crippen LogP contribution >= 0.6 is 11.3 Å². The standard InChI is InChI=1S/C22H22FN3O3S2/c23-19-9-4-5-10-20(19)26(31(28,29)22-11-6-16-30-22)17-21(27)25-14-12-24(13-15-25)18-7-2-1-3-8-18/h1-11,16H,12-15,17H2. The van der Waals surface area contributed by atoms with Gasteiger partial charge in [0.2, 0.25) is 5.91 Å². The van der Waals surface area contributed by atoms with Crippen molar-refractivity contribution in [1.82, 2.24) is 4.90 Å². The number of carbonyl (C=O) groups is 1. The van der Waals surface area contributed by atoms with Crippen molar-refractivity contribution in [2.24, 2.45) is 0 Å². The van der Waals surface area contributed by atoms with Crippen LogP contribution in [0.5, 0.6) is 0 Å². The predicted octanol–water partition coefficient (Wildman–Crippen LogP) is 3.43. The average Bonchev–Trinajstić information content (AvgIpc) is 3.35. The molecule has 4 rings (SSSR count). The molecule has 1 aliphatic rings. The minimum absolute atomic E-state index is 0.0671. The van der Waals surface area contributed by atoms with E-state index in [1.54, 1.807) is 22.4 Å². The normalized spacial score (nSPS) is 14.5. The molecule has 6 nitrogen and oxygen atoms in total. The summed E-state index contributed by atoms with van der Waals surface area (Å²) < 4.78 is 41.8. The van der Waals surface area contributed by atoms with Crippen LogP contribution in [0.2, 0.25) is 0 Å². The molecule has 162 valence electrons. The lowest BCUT2D eigenvalue weighted by Crippen LogP contribution is -2.52. The Hall–Kier alpha value is -2.91. The van der Waals surface area contributed by atoms with Gasteiger partial charge in [-0.1, -0.05) is 36.4 Å². The summed E-state index contributed by atoms with van der Waals surface area (Å²) in [4.78, 5) is 16.9. The Balaban J connectivity index is 1.53. The largest absolute Gasteiger partial charge is 0.368 e. The monoisotopic (exact) mass is 459 g/mol. The minimum atomic E-state index is -4.07. The van der Waals surface area contributed by atoms with Crippen LogP contribution in [0.3, 0.4) is 0 Å². The highest BCUT2D eigenvalue weighted by molar-refractivity contribution is 7.94. The van der Waals surface area contributed by atoms with E-state index in [2.05, 4.69) is 4.90 Å². The van der Waals surface area contributed by atoms with Gasteiger partial charge in [0.25, 0.3) is 10.0 Å². The fourth-order valence-corrected chi connectivity index (χ4v) is 6.07. The van der Waals surface area contributed by atoms with Crippen molar-refractivity contribution in [2.45, 2.75) is 4.21 Å². The van der Waals surface area contributed by atoms with Crippen LogP contribution in [-0.2, 0) is 14.8 Å². The molecule has 1 aliphatic heterocycles. The molecule has 0 unspecified atom stereocenters. The second kappa shape index (κ2) is 9.07. The summed E-state index contributed by atoms with van der Waals surface area (Å²) in [6, 6.07) is 18.6. The van der Waals surface area contributed by atoms with Crippen molar-refractivity contribution in [3.05, 3.63) is 77.9 Å². The summed E-state index contributed by atoms with van der Waals surface area (Å²) in [5.41, 5.74) is 0.954. The molecule has 0 bridgehead atoms. The van der Waals surface area contributed by atoms with Crippen LogP contribution in [0.15, 0.2) is 76.3 Å². The fraction of sp³-hybridized carbons (Fsp3) is 0.227. The van der Waals surface area contributed by atoms with Crippen LogP contribution < -0.4 is 9.21 Å². The maximum atomic E-state index is 14.5. The molecular weight excluding hydrogens is 437 g/mol.